The third-order valence-corrected chi connectivity index (χ3v) is 7.69. The van der Waals surface area contributed by atoms with Crippen LogP contribution in [0.2, 0.25) is 5.15 Å². The van der Waals surface area contributed by atoms with Gasteiger partial charge in [0.2, 0.25) is 9.84 Å². The van der Waals surface area contributed by atoms with Gasteiger partial charge in [0.15, 0.2) is 0 Å². The molecule has 0 saturated heterocycles. The summed E-state index contributed by atoms with van der Waals surface area (Å²) in [5.41, 5.74) is 2.54. The maximum atomic E-state index is 13.7. The Kier molecular flexibility index (Phi) is 5.30. The molecule has 3 aromatic rings. The fourth-order valence-corrected chi connectivity index (χ4v) is 5.96. The molecule has 1 aliphatic rings. The zero-order chi connectivity index (χ0) is 20.6. The van der Waals surface area contributed by atoms with Crippen LogP contribution in [0.3, 0.4) is 0 Å². The SMILES string of the molecule is CC1C(S(=O)(=O)c2ccccc2)=C(c2ccc(Cl)nc2)C(c2ccccc2)N1C. The fourth-order valence-electron chi connectivity index (χ4n) is 3.94. The van der Waals surface area contributed by atoms with Gasteiger partial charge < -0.3 is 0 Å². The molecule has 4 nitrogen and oxygen atoms in total. The Balaban J connectivity index is 2.01. The van der Waals surface area contributed by atoms with Crippen molar-refractivity contribution in [3.8, 4) is 0 Å². The van der Waals surface area contributed by atoms with Gasteiger partial charge in [0.1, 0.15) is 5.15 Å². The smallest absolute Gasteiger partial charge is 0.204 e. The fraction of sp³-hybridized carbons (Fsp3) is 0.174. The molecule has 6 heteroatoms. The molecule has 29 heavy (non-hydrogen) atoms. The lowest BCUT2D eigenvalue weighted by Crippen LogP contribution is -2.29. The van der Waals surface area contributed by atoms with Crippen LogP contribution in [0.25, 0.3) is 5.57 Å². The van der Waals surface area contributed by atoms with E-state index in [0.29, 0.717) is 15.0 Å². The van der Waals surface area contributed by atoms with E-state index in [1.54, 1.807) is 36.5 Å². The molecule has 0 N–H and O–H groups in total. The number of hydrogen-bond acceptors (Lipinski definition) is 4. The molecule has 4 rings (SSSR count). The largest absolute Gasteiger partial charge is 0.288 e. The van der Waals surface area contributed by atoms with Gasteiger partial charge in [0.25, 0.3) is 0 Å². The van der Waals surface area contributed by atoms with Crippen LogP contribution in [-0.2, 0) is 9.84 Å². The predicted octanol–water partition coefficient (Wildman–Crippen LogP) is 5.00. The van der Waals surface area contributed by atoms with Gasteiger partial charge in [-0.25, -0.2) is 13.4 Å². The molecule has 148 valence electrons. The van der Waals surface area contributed by atoms with E-state index >= 15 is 0 Å². The van der Waals surface area contributed by atoms with Crippen LogP contribution in [-0.4, -0.2) is 31.4 Å². The highest BCUT2D eigenvalue weighted by molar-refractivity contribution is 7.95. The lowest BCUT2D eigenvalue weighted by atomic mass is 9.95. The van der Waals surface area contributed by atoms with Crippen LogP contribution < -0.4 is 0 Å². The highest BCUT2D eigenvalue weighted by atomic mass is 35.5. The summed E-state index contributed by atoms with van der Waals surface area (Å²) in [5.74, 6) is 0. The molecule has 2 atom stereocenters. The van der Waals surface area contributed by atoms with E-state index < -0.39 is 9.84 Å². The summed E-state index contributed by atoms with van der Waals surface area (Å²) < 4.78 is 27.4. The number of benzene rings is 2. The van der Waals surface area contributed by atoms with Gasteiger partial charge in [-0.05, 0) is 54.9 Å². The Bertz CT molecular complexity index is 1140. The molecule has 2 heterocycles. The molecular weight excluding hydrogens is 404 g/mol. The van der Waals surface area contributed by atoms with Crippen molar-refractivity contribution in [3.05, 3.63) is 100 Å². The van der Waals surface area contributed by atoms with Crippen molar-refractivity contribution in [2.45, 2.75) is 23.9 Å². The number of nitrogens with zero attached hydrogens (tertiary/aromatic N) is 2. The van der Waals surface area contributed by atoms with Gasteiger partial charge in [-0.1, -0.05) is 60.1 Å². The molecule has 0 amide bonds. The van der Waals surface area contributed by atoms with Crippen LogP contribution in [0, 0.1) is 0 Å². The Morgan fingerprint density at radius 3 is 2.14 bits per heavy atom. The third kappa shape index (κ3) is 3.50. The first-order valence-corrected chi connectivity index (χ1v) is 11.2. The van der Waals surface area contributed by atoms with E-state index in [4.69, 9.17) is 11.6 Å². The lowest BCUT2D eigenvalue weighted by Gasteiger charge is -2.26. The van der Waals surface area contributed by atoms with Crippen LogP contribution in [0.15, 0.2) is 88.8 Å². The summed E-state index contributed by atoms with van der Waals surface area (Å²) in [6.45, 7) is 1.93. The highest BCUT2D eigenvalue weighted by Gasteiger charge is 2.43. The normalized spacial score (nSPS) is 20.2. The summed E-state index contributed by atoms with van der Waals surface area (Å²) in [4.78, 5) is 7.00. The first-order chi connectivity index (χ1) is 13.9. The van der Waals surface area contributed by atoms with Crippen LogP contribution >= 0.6 is 11.6 Å². The first-order valence-electron chi connectivity index (χ1n) is 9.34. The monoisotopic (exact) mass is 424 g/mol. The van der Waals surface area contributed by atoms with E-state index in [1.165, 1.54) is 0 Å². The topological polar surface area (TPSA) is 50.3 Å². The Morgan fingerprint density at radius 2 is 1.55 bits per heavy atom. The standard InChI is InChI=1S/C23H21ClN2O2S/c1-16-23(29(27,28)19-11-7-4-8-12-19)21(18-13-14-20(24)25-15-18)22(26(16)2)17-9-5-3-6-10-17/h3-16,22H,1-2H3. The number of rotatable bonds is 4. The van der Waals surface area contributed by atoms with Crippen molar-refractivity contribution < 1.29 is 8.42 Å². The van der Waals surface area contributed by atoms with Gasteiger partial charge >= 0.3 is 0 Å². The second kappa shape index (κ2) is 7.75. The molecule has 0 bridgehead atoms. The van der Waals surface area contributed by atoms with E-state index in [0.717, 1.165) is 16.7 Å². The minimum Gasteiger partial charge on any atom is -0.288 e. The van der Waals surface area contributed by atoms with Gasteiger partial charge in [-0.2, -0.15) is 0 Å². The molecule has 0 radical (unpaired) electrons. The van der Waals surface area contributed by atoms with Crippen molar-refractivity contribution >= 4 is 27.0 Å². The van der Waals surface area contributed by atoms with E-state index in [9.17, 15) is 8.42 Å². The zero-order valence-electron chi connectivity index (χ0n) is 16.2. The molecule has 2 aromatic carbocycles. The summed E-state index contributed by atoms with van der Waals surface area (Å²) in [7, 11) is -1.73. The molecule has 0 aliphatic carbocycles. The van der Waals surface area contributed by atoms with Crippen molar-refractivity contribution in [3.63, 3.8) is 0 Å². The second-order valence-electron chi connectivity index (χ2n) is 7.12. The number of likely N-dealkylation sites (N-methyl/N-ethyl adjacent to an activating group) is 1. The minimum absolute atomic E-state index is 0.206. The molecular formula is C23H21ClN2O2S. The number of halogens is 1. The minimum atomic E-state index is -3.69. The second-order valence-corrected chi connectivity index (χ2v) is 9.42. The predicted molar refractivity (Wildman–Crippen MR) is 116 cm³/mol. The number of aromatic nitrogens is 1. The first kappa shape index (κ1) is 19.8. The van der Waals surface area contributed by atoms with Crippen LogP contribution in [0.5, 0.6) is 0 Å². The Hall–Kier alpha value is -2.47. The van der Waals surface area contributed by atoms with Crippen molar-refractivity contribution in [1.82, 2.24) is 9.88 Å². The molecule has 0 fully saturated rings. The molecule has 2 unspecified atom stereocenters. The average molecular weight is 425 g/mol. The molecule has 0 spiro atoms. The maximum absolute atomic E-state index is 13.7. The average Bonchev–Trinajstić information content (AvgIpc) is 3.01. The lowest BCUT2D eigenvalue weighted by molar-refractivity contribution is 0.277. The molecule has 0 saturated carbocycles. The summed E-state index contributed by atoms with van der Waals surface area (Å²) in [5, 5.41) is 0.373. The highest BCUT2D eigenvalue weighted by Crippen LogP contribution is 2.48. The van der Waals surface area contributed by atoms with Crippen LogP contribution in [0.4, 0.5) is 0 Å². The number of pyridine rings is 1. The van der Waals surface area contributed by atoms with Gasteiger partial charge in [0, 0.05) is 12.2 Å². The van der Waals surface area contributed by atoms with Crippen molar-refractivity contribution in [2.75, 3.05) is 7.05 Å². The van der Waals surface area contributed by atoms with E-state index in [-0.39, 0.29) is 12.1 Å². The van der Waals surface area contributed by atoms with Crippen molar-refractivity contribution in [2.24, 2.45) is 0 Å². The van der Waals surface area contributed by atoms with Gasteiger partial charge in [-0.3, -0.25) is 4.90 Å². The number of sulfone groups is 1. The molecule has 1 aliphatic heterocycles. The summed E-state index contributed by atoms with van der Waals surface area (Å²) >= 11 is 6.00. The van der Waals surface area contributed by atoms with Crippen LogP contribution in [0.1, 0.15) is 24.1 Å². The summed E-state index contributed by atoms with van der Waals surface area (Å²) in [6, 6.07) is 21.6. The number of hydrogen-bond donors (Lipinski definition) is 0. The zero-order valence-corrected chi connectivity index (χ0v) is 17.7. The van der Waals surface area contributed by atoms with E-state index in [1.807, 2.05) is 56.4 Å². The van der Waals surface area contributed by atoms with E-state index in [2.05, 4.69) is 9.88 Å². The molecule has 1 aromatic heterocycles. The van der Waals surface area contributed by atoms with Gasteiger partial charge in [-0.15, -0.1) is 0 Å². The Labute approximate surface area is 176 Å². The Morgan fingerprint density at radius 1 is 0.931 bits per heavy atom. The third-order valence-electron chi connectivity index (χ3n) is 5.43. The maximum Gasteiger partial charge on any atom is 0.204 e. The van der Waals surface area contributed by atoms with Crippen molar-refractivity contribution in [1.29, 1.82) is 0 Å². The summed E-state index contributed by atoms with van der Waals surface area (Å²) in [6.07, 6.45) is 1.65. The quantitative estimate of drug-likeness (QED) is 0.553. The van der Waals surface area contributed by atoms with Gasteiger partial charge in [0.05, 0.1) is 15.8 Å².